The predicted octanol–water partition coefficient (Wildman–Crippen LogP) is 0.612. The van der Waals surface area contributed by atoms with Gasteiger partial charge in [0.15, 0.2) is 12.2 Å². The topological polar surface area (TPSA) is 129 Å². The number of ether oxygens (including phenoxy) is 2. The highest BCUT2D eigenvalue weighted by atomic mass is 16.6. The lowest BCUT2D eigenvalue weighted by Gasteiger charge is -2.21. The summed E-state index contributed by atoms with van der Waals surface area (Å²) in [4.78, 5) is 50.5. The summed E-state index contributed by atoms with van der Waals surface area (Å²) in [5, 5.41) is 7.83. The van der Waals surface area contributed by atoms with Crippen LogP contribution in [-0.2, 0) is 36.9 Å². The molecule has 2 aromatic rings. The van der Waals surface area contributed by atoms with E-state index in [2.05, 4.69) is 16.0 Å². The number of rotatable bonds is 11. The number of benzene rings is 2. The summed E-state index contributed by atoms with van der Waals surface area (Å²) in [5.74, 6) is -1.25. The van der Waals surface area contributed by atoms with E-state index in [1.807, 2.05) is 60.7 Å². The molecule has 10 heteroatoms. The second-order valence-corrected chi connectivity index (χ2v) is 8.24. The first-order valence-electron chi connectivity index (χ1n) is 11.3. The van der Waals surface area contributed by atoms with Crippen LogP contribution in [0, 0.1) is 0 Å². The summed E-state index contributed by atoms with van der Waals surface area (Å²) in [6, 6.07) is 17.8. The number of hydrogen-bond donors (Lipinski definition) is 3. The zero-order valence-electron chi connectivity index (χ0n) is 19.7. The van der Waals surface area contributed by atoms with Crippen molar-refractivity contribution in [3.05, 3.63) is 71.8 Å². The zero-order valence-corrected chi connectivity index (χ0v) is 19.7. The minimum Gasteiger partial charge on any atom is -0.445 e. The highest BCUT2D eigenvalue weighted by Crippen LogP contribution is 2.22. The van der Waals surface area contributed by atoms with Crippen LogP contribution in [0.15, 0.2) is 60.7 Å². The Morgan fingerprint density at radius 2 is 1.43 bits per heavy atom. The molecule has 35 heavy (non-hydrogen) atoms. The monoisotopic (exact) mass is 482 g/mol. The smallest absolute Gasteiger partial charge is 0.407 e. The fourth-order valence-electron chi connectivity index (χ4n) is 3.35. The maximum absolute atomic E-state index is 12.6. The molecule has 186 valence electrons. The third-order valence-corrected chi connectivity index (χ3v) is 5.25. The van der Waals surface area contributed by atoms with Crippen LogP contribution in [-0.4, -0.2) is 74.1 Å². The molecule has 1 fully saturated rings. The van der Waals surface area contributed by atoms with E-state index < -0.39 is 36.2 Å². The fraction of sp³-hybridized carbons (Fsp3) is 0.360. The van der Waals surface area contributed by atoms with Crippen molar-refractivity contribution in [2.45, 2.75) is 31.3 Å². The quantitative estimate of drug-likeness (QED) is 0.318. The van der Waals surface area contributed by atoms with Crippen molar-refractivity contribution in [3.63, 3.8) is 0 Å². The molecule has 1 aliphatic heterocycles. The molecule has 3 N–H and O–H groups in total. The second kappa shape index (κ2) is 12.5. The van der Waals surface area contributed by atoms with E-state index in [4.69, 9.17) is 9.47 Å². The van der Waals surface area contributed by atoms with E-state index in [0.29, 0.717) is 6.42 Å². The number of hydrogen-bond acceptors (Lipinski definition) is 6. The lowest BCUT2D eigenvalue weighted by Crippen LogP contribution is -2.49. The number of amides is 4. The third-order valence-electron chi connectivity index (χ3n) is 5.25. The van der Waals surface area contributed by atoms with E-state index in [1.165, 1.54) is 4.90 Å². The summed E-state index contributed by atoms with van der Waals surface area (Å²) in [5.41, 5.74) is 1.76. The average molecular weight is 483 g/mol. The van der Waals surface area contributed by atoms with Gasteiger partial charge in [0.05, 0.1) is 0 Å². The van der Waals surface area contributed by atoms with Crippen LogP contribution in [0.25, 0.3) is 0 Å². The van der Waals surface area contributed by atoms with E-state index in [1.54, 1.807) is 14.1 Å². The van der Waals surface area contributed by atoms with E-state index in [0.717, 1.165) is 11.1 Å². The van der Waals surface area contributed by atoms with Crippen LogP contribution in [0.4, 0.5) is 4.79 Å². The fourth-order valence-corrected chi connectivity index (χ4v) is 3.35. The molecule has 1 saturated heterocycles. The van der Waals surface area contributed by atoms with Gasteiger partial charge in [-0.25, -0.2) is 4.79 Å². The van der Waals surface area contributed by atoms with Crippen LogP contribution in [0.5, 0.6) is 0 Å². The predicted molar refractivity (Wildman–Crippen MR) is 127 cm³/mol. The number of nitrogens with zero attached hydrogens (tertiary/aromatic N) is 1. The minimum atomic E-state index is -0.966. The molecule has 2 aromatic carbocycles. The number of carbonyl (C=O) groups is 4. The van der Waals surface area contributed by atoms with Gasteiger partial charge in [-0.2, -0.15) is 0 Å². The normalized spacial score (nSPS) is 17.0. The van der Waals surface area contributed by atoms with Gasteiger partial charge < -0.3 is 30.3 Å². The lowest BCUT2D eigenvalue weighted by molar-refractivity contribution is -0.134. The molecule has 2 unspecified atom stereocenters. The summed E-state index contributed by atoms with van der Waals surface area (Å²) in [6.45, 7) is 0.440. The van der Waals surface area contributed by atoms with E-state index in [9.17, 15) is 19.2 Å². The lowest BCUT2D eigenvalue weighted by atomic mass is 10.0. The average Bonchev–Trinajstić information content (AvgIpc) is 3.67. The van der Waals surface area contributed by atoms with Crippen LogP contribution in [0.1, 0.15) is 11.1 Å². The SMILES string of the molecule is CN(C)C(=O)[C@H](Cc1ccccc1)NC(=O)C1OC1C(=O)NCCNC(=O)OCc1ccccc1. The van der Waals surface area contributed by atoms with Gasteiger partial charge in [-0.05, 0) is 11.1 Å². The number of nitrogens with one attached hydrogen (secondary N) is 3. The maximum atomic E-state index is 12.6. The van der Waals surface area contributed by atoms with Gasteiger partial charge in [0.2, 0.25) is 5.91 Å². The molecule has 0 bridgehead atoms. The van der Waals surface area contributed by atoms with Crippen molar-refractivity contribution in [2.75, 3.05) is 27.2 Å². The molecule has 3 rings (SSSR count). The minimum absolute atomic E-state index is 0.142. The number of epoxide rings is 1. The number of alkyl carbamates (subject to hydrolysis) is 1. The number of likely N-dealkylation sites (N-methyl/N-ethyl adjacent to an activating group) is 1. The van der Waals surface area contributed by atoms with Gasteiger partial charge >= 0.3 is 6.09 Å². The summed E-state index contributed by atoms with van der Waals surface area (Å²) in [6.07, 6.45) is -2.18. The second-order valence-electron chi connectivity index (χ2n) is 8.24. The standard InChI is InChI=1S/C25H30N4O6/c1-29(2)24(32)19(15-17-9-5-3-6-10-17)28-23(31)21-20(35-21)22(30)26-13-14-27-25(33)34-16-18-11-7-4-8-12-18/h3-12,19-21H,13-16H2,1-2H3,(H,26,30)(H,27,33)(H,28,31)/t19-,20?,21?/m0/s1. The highest BCUT2D eigenvalue weighted by Gasteiger charge is 2.50. The molecular formula is C25H30N4O6. The first kappa shape index (κ1) is 25.7. The Bertz CT molecular complexity index is 1020. The van der Waals surface area contributed by atoms with Gasteiger partial charge in [0.1, 0.15) is 12.6 Å². The van der Waals surface area contributed by atoms with Gasteiger partial charge in [-0.3, -0.25) is 14.4 Å². The molecule has 10 nitrogen and oxygen atoms in total. The number of carbonyl (C=O) groups excluding carboxylic acids is 4. The summed E-state index contributed by atoms with van der Waals surface area (Å²) >= 11 is 0. The molecule has 4 amide bonds. The van der Waals surface area contributed by atoms with Crippen LogP contribution in [0.3, 0.4) is 0 Å². The highest BCUT2D eigenvalue weighted by molar-refractivity contribution is 5.97. The Morgan fingerprint density at radius 3 is 2.06 bits per heavy atom. The van der Waals surface area contributed by atoms with Crippen LogP contribution in [0.2, 0.25) is 0 Å². The third kappa shape index (κ3) is 8.11. The van der Waals surface area contributed by atoms with Crippen molar-refractivity contribution >= 4 is 23.8 Å². The molecule has 0 spiro atoms. The zero-order chi connectivity index (χ0) is 25.2. The Kier molecular flexibility index (Phi) is 9.19. The summed E-state index contributed by atoms with van der Waals surface area (Å²) < 4.78 is 10.3. The van der Waals surface area contributed by atoms with Crippen molar-refractivity contribution in [1.82, 2.24) is 20.9 Å². The molecule has 1 aliphatic rings. The Labute approximate surface area is 204 Å². The van der Waals surface area contributed by atoms with Crippen LogP contribution < -0.4 is 16.0 Å². The largest absolute Gasteiger partial charge is 0.445 e. The van der Waals surface area contributed by atoms with Crippen LogP contribution >= 0.6 is 0 Å². The van der Waals surface area contributed by atoms with Gasteiger partial charge in [0.25, 0.3) is 11.8 Å². The molecule has 0 aromatic heterocycles. The van der Waals surface area contributed by atoms with Crippen molar-refractivity contribution in [2.24, 2.45) is 0 Å². The molecule has 0 aliphatic carbocycles. The molecule has 0 saturated carbocycles. The van der Waals surface area contributed by atoms with E-state index >= 15 is 0 Å². The van der Waals surface area contributed by atoms with Crippen molar-refractivity contribution in [1.29, 1.82) is 0 Å². The van der Waals surface area contributed by atoms with Crippen molar-refractivity contribution < 1.29 is 28.7 Å². The van der Waals surface area contributed by atoms with Gasteiger partial charge in [-0.1, -0.05) is 60.7 Å². The molecule has 0 radical (unpaired) electrons. The van der Waals surface area contributed by atoms with E-state index in [-0.39, 0.29) is 25.6 Å². The Hall–Kier alpha value is -3.92. The van der Waals surface area contributed by atoms with Gasteiger partial charge in [0, 0.05) is 33.6 Å². The Balaban J connectivity index is 1.37. The molecular weight excluding hydrogens is 452 g/mol. The summed E-state index contributed by atoms with van der Waals surface area (Å²) in [7, 11) is 3.23. The van der Waals surface area contributed by atoms with Gasteiger partial charge in [-0.15, -0.1) is 0 Å². The Morgan fingerprint density at radius 1 is 0.857 bits per heavy atom. The first-order chi connectivity index (χ1) is 16.8. The first-order valence-corrected chi connectivity index (χ1v) is 11.3. The molecule has 3 atom stereocenters. The molecule has 1 heterocycles. The maximum Gasteiger partial charge on any atom is 0.407 e. The van der Waals surface area contributed by atoms with Crippen molar-refractivity contribution in [3.8, 4) is 0 Å².